The summed E-state index contributed by atoms with van der Waals surface area (Å²) < 4.78 is 5.26. The number of esters is 1. The average molecular weight is 523 g/mol. The van der Waals surface area contributed by atoms with Gasteiger partial charge >= 0.3 is 5.97 Å². The lowest BCUT2D eigenvalue weighted by Crippen LogP contribution is -2.45. The number of amides is 2. The number of carbonyl (C=O) groups is 3. The highest BCUT2D eigenvalue weighted by Gasteiger charge is 2.33. The van der Waals surface area contributed by atoms with Gasteiger partial charge in [-0.2, -0.15) is 0 Å². The number of piperidine rings is 2. The molecule has 0 saturated carbocycles. The Morgan fingerprint density at radius 3 is 2.15 bits per heavy atom. The van der Waals surface area contributed by atoms with Crippen molar-refractivity contribution in [3.8, 4) is 5.75 Å². The van der Waals surface area contributed by atoms with Crippen molar-refractivity contribution in [3.05, 3.63) is 28.2 Å². The third-order valence-corrected chi connectivity index (χ3v) is 7.79. The highest BCUT2D eigenvalue weighted by atomic mass is 79.9. The van der Waals surface area contributed by atoms with Crippen LogP contribution in [0.3, 0.4) is 0 Å². The summed E-state index contributed by atoms with van der Waals surface area (Å²) in [6.07, 6.45) is 5.04. The van der Waals surface area contributed by atoms with Gasteiger partial charge in [0.15, 0.2) is 0 Å². The summed E-state index contributed by atoms with van der Waals surface area (Å²) in [5, 5.41) is 9.66. The number of likely N-dealkylation sites (tertiary alicyclic amines) is 2. The fraction of sp³-hybridized carbons (Fsp3) is 0.640. The fourth-order valence-corrected chi connectivity index (χ4v) is 5.54. The number of hydrogen-bond donors (Lipinski definition) is 1. The largest absolute Gasteiger partial charge is 0.507 e. The van der Waals surface area contributed by atoms with E-state index in [1.54, 1.807) is 6.07 Å². The molecule has 0 radical (unpaired) electrons. The molecule has 2 aliphatic rings. The van der Waals surface area contributed by atoms with Crippen LogP contribution in [-0.2, 0) is 25.5 Å². The van der Waals surface area contributed by atoms with Crippen molar-refractivity contribution in [1.82, 2.24) is 9.80 Å². The van der Waals surface area contributed by atoms with Gasteiger partial charge in [-0.1, -0.05) is 13.0 Å². The summed E-state index contributed by atoms with van der Waals surface area (Å²) in [7, 11) is 1.34. The van der Waals surface area contributed by atoms with Crippen LogP contribution >= 0.6 is 15.9 Å². The molecule has 2 amide bonds. The van der Waals surface area contributed by atoms with Gasteiger partial charge in [0.1, 0.15) is 5.75 Å². The molecule has 0 unspecified atom stereocenters. The summed E-state index contributed by atoms with van der Waals surface area (Å²) in [6.45, 7) is 5.07. The van der Waals surface area contributed by atoms with Crippen LogP contribution in [0.2, 0.25) is 0 Å². The second-order valence-electron chi connectivity index (χ2n) is 9.35. The standard InChI is InChI=1S/C25H35BrN2O5/c1-17(15-18-3-4-22(29)21(26)16-18)25(32)28-13-9-20(10-14-28)19-7-11-27(12-8-19)23(30)5-6-24(31)33-2/h3-4,16-17,19-20,29H,5-15H2,1-2H3/t17-/m1/s1. The smallest absolute Gasteiger partial charge is 0.306 e. The number of halogens is 1. The third-order valence-electron chi connectivity index (χ3n) is 7.16. The summed E-state index contributed by atoms with van der Waals surface area (Å²) in [5.74, 6) is 1.19. The number of nitrogens with zero attached hydrogens (tertiary/aromatic N) is 2. The first-order valence-electron chi connectivity index (χ1n) is 11.9. The molecule has 1 N–H and O–H groups in total. The topological polar surface area (TPSA) is 87.2 Å². The Bertz CT molecular complexity index is 845. The maximum atomic E-state index is 13.0. The lowest BCUT2D eigenvalue weighted by molar-refractivity contribution is -0.144. The second kappa shape index (κ2) is 11.9. The van der Waals surface area contributed by atoms with Crippen LogP contribution in [0.1, 0.15) is 51.0 Å². The van der Waals surface area contributed by atoms with Crippen molar-refractivity contribution in [2.45, 2.75) is 51.9 Å². The maximum absolute atomic E-state index is 13.0. The highest BCUT2D eigenvalue weighted by Crippen LogP contribution is 2.33. The Hall–Kier alpha value is -2.09. The minimum Gasteiger partial charge on any atom is -0.507 e. The Morgan fingerprint density at radius 1 is 1.03 bits per heavy atom. The van der Waals surface area contributed by atoms with E-state index in [9.17, 15) is 19.5 Å². The van der Waals surface area contributed by atoms with E-state index in [2.05, 4.69) is 20.7 Å². The lowest BCUT2D eigenvalue weighted by Gasteiger charge is -2.40. The molecular formula is C25H35BrN2O5. The number of ether oxygens (including phenoxy) is 1. The van der Waals surface area contributed by atoms with Crippen LogP contribution in [-0.4, -0.2) is 66.0 Å². The molecule has 0 aromatic heterocycles. The number of rotatable bonds is 7. The average Bonchev–Trinajstić information content (AvgIpc) is 2.84. The molecule has 1 atom stereocenters. The van der Waals surface area contributed by atoms with Crippen molar-refractivity contribution >= 4 is 33.7 Å². The molecule has 1 aromatic rings. The minimum absolute atomic E-state index is 0.0360. The van der Waals surface area contributed by atoms with Crippen LogP contribution in [0.15, 0.2) is 22.7 Å². The van der Waals surface area contributed by atoms with Gasteiger partial charge in [-0.15, -0.1) is 0 Å². The van der Waals surface area contributed by atoms with E-state index in [0.717, 1.165) is 57.4 Å². The van der Waals surface area contributed by atoms with Gasteiger partial charge in [0.2, 0.25) is 11.8 Å². The van der Waals surface area contributed by atoms with Gasteiger partial charge in [0.25, 0.3) is 0 Å². The zero-order valence-electron chi connectivity index (χ0n) is 19.6. The van der Waals surface area contributed by atoms with Crippen LogP contribution in [0.25, 0.3) is 0 Å². The molecule has 2 heterocycles. The van der Waals surface area contributed by atoms with Crippen LogP contribution in [0.4, 0.5) is 0 Å². The highest BCUT2D eigenvalue weighted by molar-refractivity contribution is 9.10. The molecule has 0 aliphatic carbocycles. The molecule has 1 aromatic carbocycles. The number of phenols is 1. The van der Waals surface area contributed by atoms with Gasteiger partial charge in [-0.05, 0) is 77.6 Å². The Balaban J connectivity index is 1.40. The van der Waals surface area contributed by atoms with Crippen molar-refractivity contribution in [2.24, 2.45) is 17.8 Å². The van der Waals surface area contributed by atoms with E-state index in [-0.39, 0.29) is 42.3 Å². The number of phenolic OH excluding ortho intramolecular Hbond substituents is 1. The van der Waals surface area contributed by atoms with Crippen molar-refractivity contribution < 1.29 is 24.2 Å². The predicted molar refractivity (Wildman–Crippen MR) is 129 cm³/mol. The Labute approximate surface area is 204 Å². The maximum Gasteiger partial charge on any atom is 0.306 e. The van der Waals surface area contributed by atoms with E-state index in [4.69, 9.17) is 0 Å². The molecule has 2 aliphatic heterocycles. The Kier molecular flexibility index (Phi) is 9.18. The van der Waals surface area contributed by atoms with Gasteiger partial charge in [0, 0.05) is 38.5 Å². The number of benzene rings is 1. The van der Waals surface area contributed by atoms with E-state index in [1.807, 2.05) is 28.9 Å². The molecule has 3 rings (SSSR count). The van der Waals surface area contributed by atoms with E-state index < -0.39 is 0 Å². The predicted octanol–water partition coefficient (Wildman–Crippen LogP) is 3.76. The number of aromatic hydroxyl groups is 1. The number of methoxy groups -OCH3 is 1. The minimum atomic E-state index is -0.343. The van der Waals surface area contributed by atoms with Crippen LogP contribution < -0.4 is 0 Å². The number of hydrogen-bond acceptors (Lipinski definition) is 5. The van der Waals surface area contributed by atoms with Gasteiger partial charge in [0.05, 0.1) is 18.0 Å². The SMILES string of the molecule is COC(=O)CCC(=O)N1CCC(C2CCN(C(=O)[C@H](C)Cc3ccc(O)c(Br)c3)CC2)CC1. The van der Waals surface area contributed by atoms with Gasteiger partial charge in [-0.3, -0.25) is 14.4 Å². The quantitative estimate of drug-likeness (QED) is 0.550. The molecule has 2 saturated heterocycles. The first-order valence-corrected chi connectivity index (χ1v) is 12.7. The molecule has 0 spiro atoms. The van der Waals surface area contributed by atoms with Crippen molar-refractivity contribution in [2.75, 3.05) is 33.3 Å². The Morgan fingerprint density at radius 2 is 1.61 bits per heavy atom. The first-order chi connectivity index (χ1) is 15.8. The molecule has 33 heavy (non-hydrogen) atoms. The van der Waals surface area contributed by atoms with Crippen LogP contribution in [0, 0.1) is 17.8 Å². The first kappa shape index (κ1) is 25.5. The molecule has 2 fully saturated rings. The molecular weight excluding hydrogens is 488 g/mol. The fourth-order valence-electron chi connectivity index (χ4n) is 5.11. The summed E-state index contributed by atoms with van der Waals surface area (Å²) in [5.41, 5.74) is 1.03. The molecule has 7 nitrogen and oxygen atoms in total. The van der Waals surface area contributed by atoms with Gasteiger partial charge in [-0.25, -0.2) is 0 Å². The lowest BCUT2D eigenvalue weighted by atomic mass is 9.78. The third kappa shape index (κ3) is 6.95. The zero-order valence-corrected chi connectivity index (χ0v) is 21.2. The van der Waals surface area contributed by atoms with Crippen molar-refractivity contribution in [3.63, 3.8) is 0 Å². The molecule has 182 valence electrons. The summed E-state index contributed by atoms with van der Waals surface area (Å²) in [6, 6.07) is 5.39. The van der Waals surface area contributed by atoms with Gasteiger partial charge < -0.3 is 19.6 Å². The van der Waals surface area contributed by atoms with E-state index >= 15 is 0 Å². The second-order valence-corrected chi connectivity index (χ2v) is 10.2. The molecule has 8 heteroatoms. The normalized spacial score (nSPS) is 18.8. The molecule has 0 bridgehead atoms. The van der Waals surface area contributed by atoms with Crippen molar-refractivity contribution in [1.29, 1.82) is 0 Å². The summed E-state index contributed by atoms with van der Waals surface area (Å²) in [4.78, 5) is 40.4. The zero-order chi connectivity index (χ0) is 24.0. The van der Waals surface area contributed by atoms with E-state index in [0.29, 0.717) is 22.7 Å². The monoisotopic (exact) mass is 522 g/mol. The van der Waals surface area contributed by atoms with E-state index in [1.165, 1.54) is 7.11 Å². The number of carbonyl (C=O) groups excluding carboxylic acids is 3. The van der Waals surface area contributed by atoms with Crippen LogP contribution in [0.5, 0.6) is 5.75 Å². The summed E-state index contributed by atoms with van der Waals surface area (Å²) >= 11 is 3.34.